The summed E-state index contributed by atoms with van der Waals surface area (Å²) in [5.74, 6) is -6.77. The molecule has 0 saturated carbocycles. The Morgan fingerprint density at radius 2 is 1.54 bits per heavy atom. The first-order valence-corrected chi connectivity index (χ1v) is 7.21. The normalized spacial score (nSPS) is 11.2. The van der Waals surface area contributed by atoms with Crippen LogP contribution in [-0.2, 0) is 0 Å². The zero-order chi connectivity index (χ0) is 17.7. The molecule has 0 aliphatic rings. The van der Waals surface area contributed by atoms with E-state index >= 15 is 0 Å². The van der Waals surface area contributed by atoms with Gasteiger partial charge in [-0.2, -0.15) is 5.11 Å². The second-order valence-electron chi connectivity index (χ2n) is 4.91. The van der Waals surface area contributed by atoms with Gasteiger partial charge in [0, 0.05) is 0 Å². The summed E-state index contributed by atoms with van der Waals surface area (Å²) in [6, 6.07) is 6.29. The van der Waals surface area contributed by atoms with Crippen LogP contribution in [0.1, 0.15) is 19.8 Å². The van der Waals surface area contributed by atoms with Gasteiger partial charge in [-0.15, -0.1) is 5.11 Å². The van der Waals surface area contributed by atoms with Crippen molar-refractivity contribution in [3.8, 4) is 5.75 Å². The molecule has 0 unspecified atom stereocenters. The molecule has 0 fully saturated rings. The number of nitrogens with two attached hydrogens (primary N) is 1. The van der Waals surface area contributed by atoms with Gasteiger partial charge in [-0.3, -0.25) is 0 Å². The SMILES string of the molecule is CCCCOc1ccc(N=Nc2c(N)c(F)c(F)c(F)c2F)cc1. The van der Waals surface area contributed by atoms with E-state index in [-0.39, 0.29) is 5.69 Å². The maximum absolute atomic E-state index is 13.6. The average Bonchev–Trinajstić information content (AvgIpc) is 2.60. The van der Waals surface area contributed by atoms with Gasteiger partial charge in [-0.25, -0.2) is 17.6 Å². The van der Waals surface area contributed by atoms with Gasteiger partial charge in [0.1, 0.15) is 11.4 Å². The van der Waals surface area contributed by atoms with Crippen molar-refractivity contribution >= 4 is 17.1 Å². The van der Waals surface area contributed by atoms with Crippen molar-refractivity contribution in [2.75, 3.05) is 12.3 Å². The van der Waals surface area contributed by atoms with Gasteiger partial charge in [0.2, 0.25) is 0 Å². The molecule has 8 heteroatoms. The van der Waals surface area contributed by atoms with E-state index in [0.29, 0.717) is 12.4 Å². The Balaban J connectivity index is 2.20. The average molecular weight is 341 g/mol. The largest absolute Gasteiger partial charge is 0.494 e. The van der Waals surface area contributed by atoms with Crippen LogP contribution in [0.25, 0.3) is 0 Å². The van der Waals surface area contributed by atoms with Gasteiger partial charge in [0.05, 0.1) is 12.3 Å². The molecule has 24 heavy (non-hydrogen) atoms. The van der Waals surface area contributed by atoms with Gasteiger partial charge in [0.15, 0.2) is 29.0 Å². The first-order chi connectivity index (χ1) is 11.5. The lowest BCUT2D eigenvalue weighted by Crippen LogP contribution is -2.02. The molecule has 0 bridgehead atoms. The predicted molar refractivity (Wildman–Crippen MR) is 81.7 cm³/mol. The summed E-state index contributed by atoms with van der Waals surface area (Å²) >= 11 is 0. The van der Waals surface area contributed by atoms with Crippen LogP contribution in [0, 0.1) is 23.3 Å². The summed E-state index contributed by atoms with van der Waals surface area (Å²) in [6.07, 6.45) is 1.92. The fraction of sp³-hybridized carbons (Fsp3) is 0.250. The Kier molecular flexibility index (Phi) is 5.73. The van der Waals surface area contributed by atoms with Crippen molar-refractivity contribution in [3.05, 3.63) is 47.5 Å². The smallest absolute Gasteiger partial charge is 0.199 e. The molecular weight excluding hydrogens is 326 g/mol. The lowest BCUT2D eigenvalue weighted by molar-refractivity contribution is 0.309. The second kappa shape index (κ2) is 7.76. The maximum atomic E-state index is 13.6. The summed E-state index contributed by atoms with van der Waals surface area (Å²) in [4.78, 5) is 0. The van der Waals surface area contributed by atoms with Crippen molar-refractivity contribution in [2.24, 2.45) is 10.2 Å². The second-order valence-corrected chi connectivity index (χ2v) is 4.91. The van der Waals surface area contributed by atoms with Crippen LogP contribution in [0.5, 0.6) is 5.75 Å². The van der Waals surface area contributed by atoms with Crippen molar-refractivity contribution in [3.63, 3.8) is 0 Å². The third-order valence-electron chi connectivity index (χ3n) is 3.15. The van der Waals surface area contributed by atoms with Crippen molar-refractivity contribution in [1.29, 1.82) is 0 Å². The van der Waals surface area contributed by atoms with Crippen LogP contribution in [0.3, 0.4) is 0 Å². The number of anilines is 1. The minimum atomic E-state index is -1.99. The first-order valence-electron chi connectivity index (χ1n) is 7.21. The number of ether oxygens (including phenoxy) is 1. The number of hydrogen-bond donors (Lipinski definition) is 1. The number of benzene rings is 2. The van der Waals surface area contributed by atoms with Crippen LogP contribution < -0.4 is 10.5 Å². The molecule has 2 rings (SSSR count). The molecule has 0 amide bonds. The standard InChI is InChI=1S/C16H15F4N3O/c1-2-3-8-24-10-6-4-9(5-7-10)22-23-16-14(20)12(18)11(17)13(19)15(16)21/h4-7H,2-3,8,21H2,1H3. The Morgan fingerprint density at radius 3 is 2.17 bits per heavy atom. The maximum Gasteiger partial charge on any atom is 0.199 e. The molecule has 0 aliphatic carbocycles. The third kappa shape index (κ3) is 3.81. The lowest BCUT2D eigenvalue weighted by atomic mass is 10.2. The van der Waals surface area contributed by atoms with E-state index in [9.17, 15) is 17.6 Å². The molecular formula is C16H15F4N3O. The van der Waals surface area contributed by atoms with Crippen LogP contribution in [-0.4, -0.2) is 6.61 Å². The Hall–Kier alpha value is -2.64. The zero-order valence-electron chi connectivity index (χ0n) is 12.8. The summed E-state index contributed by atoms with van der Waals surface area (Å²) in [6.45, 7) is 2.62. The monoisotopic (exact) mass is 341 g/mol. The number of unbranched alkanes of at least 4 members (excludes halogenated alkanes) is 1. The zero-order valence-corrected chi connectivity index (χ0v) is 12.8. The van der Waals surface area contributed by atoms with E-state index in [4.69, 9.17) is 10.5 Å². The van der Waals surface area contributed by atoms with E-state index < -0.39 is 34.6 Å². The van der Waals surface area contributed by atoms with E-state index in [1.165, 1.54) is 12.1 Å². The highest BCUT2D eigenvalue weighted by Gasteiger charge is 2.23. The highest BCUT2D eigenvalue weighted by Crippen LogP contribution is 2.34. The molecule has 0 atom stereocenters. The van der Waals surface area contributed by atoms with Gasteiger partial charge < -0.3 is 10.5 Å². The van der Waals surface area contributed by atoms with Crippen molar-refractivity contribution in [1.82, 2.24) is 0 Å². The molecule has 0 spiro atoms. The van der Waals surface area contributed by atoms with Crippen molar-refractivity contribution in [2.45, 2.75) is 19.8 Å². The van der Waals surface area contributed by atoms with Crippen LogP contribution in [0.2, 0.25) is 0 Å². The molecule has 0 aliphatic heterocycles. The minimum absolute atomic E-state index is 0.279. The first kappa shape index (κ1) is 17.7. The van der Waals surface area contributed by atoms with E-state index in [0.717, 1.165) is 12.8 Å². The lowest BCUT2D eigenvalue weighted by Gasteiger charge is -2.06. The van der Waals surface area contributed by atoms with Crippen LogP contribution in [0.4, 0.5) is 34.6 Å². The molecule has 2 aromatic carbocycles. The predicted octanol–water partition coefficient (Wildman–Crippen LogP) is 5.42. The molecule has 2 aromatic rings. The van der Waals surface area contributed by atoms with Crippen LogP contribution >= 0.6 is 0 Å². The molecule has 2 N–H and O–H groups in total. The van der Waals surface area contributed by atoms with Gasteiger partial charge >= 0.3 is 0 Å². The number of azo groups is 1. The minimum Gasteiger partial charge on any atom is -0.494 e. The van der Waals surface area contributed by atoms with Crippen LogP contribution in [0.15, 0.2) is 34.5 Å². The Morgan fingerprint density at radius 1 is 0.917 bits per heavy atom. The summed E-state index contributed by atoms with van der Waals surface area (Å²) in [7, 11) is 0. The number of hydrogen-bond acceptors (Lipinski definition) is 4. The van der Waals surface area contributed by atoms with E-state index in [1.54, 1.807) is 12.1 Å². The number of halogens is 4. The molecule has 0 radical (unpaired) electrons. The van der Waals surface area contributed by atoms with Crippen molar-refractivity contribution < 1.29 is 22.3 Å². The van der Waals surface area contributed by atoms with E-state index in [2.05, 4.69) is 10.2 Å². The van der Waals surface area contributed by atoms with Gasteiger partial charge in [-0.1, -0.05) is 13.3 Å². The summed E-state index contributed by atoms with van der Waals surface area (Å²) < 4.78 is 58.6. The number of nitrogen functional groups attached to an aromatic ring is 1. The van der Waals surface area contributed by atoms with Gasteiger partial charge in [0.25, 0.3) is 0 Å². The fourth-order valence-electron chi connectivity index (χ4n) is 1.79. The quantitative estimate of drug-likeness (QED) is 0.190. The van der Waals surface area contributed by atoms with E-state index in [1.807, 2.05) is 6.92 Å². The third-order valence-corrected chi connectivity index (χ3v) is 3.15. The molecule has 0 heterocycles. The molecule has 4 nitrogen and oxygen atoms in total. The number of rotatable bonds is 6. The molecule has 0 aromatic heterocycles. The number of nitrogens with zero attached hydrogens (tertiary/aromatic N) is 2. The highest BCUT2D eigenvalue weighted by atomic mass is 19.2. The highest BCUT2D eigenvalue weighted by molar-refractivity contribution is 5.64. The Bertz CT molecular complexity index is 719. The Labute approximate surface area is 136 Å². The molecule has 128 valence electrons. The van der Waals surface area contributed by atoms with Gasteiger partial charge in [-0.05, 0) is 30.7 Å². The summed E-state index contributed by atoms with van der Waals surface area (Å²) in [5, 5.41) is 7.02. The fourth-order valence-corrected chi connectivity index (χ4v) is 1.79. The molecule has 0 saturated heterocycles. The summed E-state index contributed by atoms with van der Waals surface area (Å²) in [5.41, 5.74) is 3.65. The topological polar surface area (TPSA) is 60.0 Å².